The molecule has 0 aliphatic heterocycles. The first kappa shape index (κ1) is 17.5. The number of hydrogen-bond donors (Lipinski definition) is 1. The number of amides is 1. The highest BCUT2D eigenvalue weighted by molar-refractivity contribution is 5.84. The molecule has 0 bridgehead atoms. The van der Waals surface area contributed by atoms with E-state index in [0.29, 0.717) is 5.75 Å². The van der Waals surface area contributed by atoms with Crippen molar-refractivity contribution in [2.75, 3.05) is 6.61 Å². The molecule has 24 heavy (non-hydrogen) atoms. The maximum Gasteiger partial charge on any atom is 0.326 e. The lowest BCUT2D eigenvalue weighted by atomic mass is 10.2. The van der Waals surface area contributed by atoms with E-state index < -0.39 is 17.9 Å². The van der Waals surface area contributed by atoms with Crippen LogP contribution >= 0.6 is 0 Å². The van der Waals surface area contributed by atoms with Gasteiger partial charge in [0, 0.05) is 18.9 Å². The van der Waals surface area contributed by atoms with Gasteiger partial charge >= 0.3 is 5.97 Å². The van der Waals surface area contributed by atoms with E-state index in [1.807, 2.05) is 25.1 Å². The molecule has 2 aromatic rings. The summed E-state index contributed by atoms with van der Waals surface area (Å²) in [6.45, 7) is 3.30. The largest absolute Gasteiger partial charge is 0.483 e. The zero-order chi connectivity index (χ0) is 17.5. The topological polar surface area (TPSA) is 79.7 Å². The predicted octanol–water partition coefficient (Wildman–Crippen LogP) is 2.27. The minimum atomic E-state index is -1.07. The summed E-state index contributed by atoms with van der Waals surface area (Å²) in [6, 6.07) is 9.93. The lowest BCUT2D eigenvalue weighted by Gasteiger charge is -2.26. The van der Waals surface area contributed by atoms with Crippen LogP contribution in [-0.2, 0) is 16.1 Å². The molecule has 1 unspecified atom stereocenters. The second-order valence-electron chi connectivity index (χ2n) is 5.45. The summed E-state index contributed by atoms with van der Waals surface area (Å²) in [5, 5.41) is 9.26. The SMILES string of the molecule is Cc1ccccc1OCC(=O)N(Cc1cccnc1)C(C)C(=O)O. The van der Waals surface area contributed by atoms with Gasteiger partial charge in [-0.15, -0.1) is 0 Å². The first-order valence-electron chi connectivity index (χ1n) is 7.58. The lowest BCUT2D eigenvalue weighted by Crippen LogP contribution is -2.44. The number of carbonyl (C=O) groups is 2. The minimum Gasteiger partial charge on any atom is -0.483 e. The van der Waals surface area contributed by atoms with Gasteiger partial charge in [-0.25, -0.2) is 4.79 Å². The highest BCUT2D eigenvalue weighted by Gasteiger charge is 2.26. The van der Waals surface area contributed by atoms with Crippen molar-refractivity contribution in [2.24, 2.45) is 0 Å². The molecule has 0 aliphatic carbocycles. The first-order chi connectivity index (χ1) is 11.5. The molecule has 1 heterocycles. The Morgan fingerprint density at radius 1 is 1.25 bits per heavy atom. The number of carboxylic acids is 1. The summed E-state index contributed by atoms with van der Waals surface area (Å²) >= 11 is 0. The van der Waals surface area contributed by atoms with Crippen molar-refractivity contribution in [3.63, 3.8) is 0 Å². The maximum absolute atomic E-state index is 12.5. The number of carbonyl (C=O) groups excluding carboxylic acids is 1. The summed E-state index contributed by atoms with van der Waals surface area (Å²) in [4.78, 5) is 29.1. The normalized spacial score (nSPS) is 11.6. The molecule has 1 N–H and O–H groups in total. The zero-order valence-electron chi connectivity index (χ0n) is 13.7. The molecule has 1 aromatic carbocycles. The second kappa shape index (κ2) is 8.10. The van der Waals surface area contributed by atoms with Crippen LogP contribution in [0.25, 0.3) is 0 Å². The average Bonchev–Trinajstić information content (AvgIpc) is 2.59. The van der Waals surface area contributed by atoms with Crippen LogP contribution in [-0.4, -0.2) is 39.5 Å². The van der Waals surface area contributed by atoms with Gasteiger partial charge in [0.15, 0.2) is 6.61 Å². The molecule has 0 aliphatic rings. The Labute approximate surface area is 140 Å². The smallest absolute Gasteiger partial charge is 0.326 e. The van der Waals surface area contributed by atoms with Gasteiger partial charge in [-0.2, -0.15) is 0 Å². The number of pyridine rings is 1. The lowest BCUT2D eigenvalue weighted by molar-refractivity contribution is -0.150. The molecule has 0 radical (unpaired) electrons. The van der Waals surface area contributed by atoms with Gasteiger partial charge in [0.1, 0.15) is 11.8 Å². The Morgan fingerprint density at radius 2 is 2.00 bits per heavy atom. The first-order valence-corrected chi connectivity index (χ1v) is 7.58. The van der Waals surface area contributed by atoms with Crippen molar-refractivity contribution in [1.82, 2.24) is 9.88 Å². The van der Waals surface area contributed by atoms with E-state index in [9.17, 15) is 14.7 Å². The molecule has 1 atom stereocenters. The van der Waals surface area contributed by atoms with Gasteiger partial charge in [0.05, 0.1) is 0 Å². The van der Waals surface area contributed by atoms with Crippen LogP contribution in [0.5, 0.6) is 5.75 Å². The number of ether oxygens (including phenoxy) is 1. The molecule has 6 nitrogen and oxygen atoms in total. The average molecular weight is 328 g/mol. The van der Waals surface area contributed by atoms with Gasteiger partial charge in [-0.3, -0.25) is 9.78 Å². The van der Waals surface area contributed by atoms with E-state index in [-0.39, 0.29) is 13.2 Å². The van der Waals surface area contributed by atoms with Crippen molar-refractivity contribution in [2.45, 2.75) is 26.4 Å². The van der Waals surface area contributed by atoms with Crippen LogP contribution in [0, 0.1) is 6.92 Å². The molecule has 2 rings (SSSR count). The Kier molecular flexibility index (Phi) is 5.89. The fraction of sp³-hybridized carbons (Fsp3) is 0.278. The van der Waals surface area contributed by atoms with E-state index >= 15 is 0 Å². The Balaban J connectivity index is 2.09. The minimum absolute atomic E-state index is 0.164. The fourth-order valence-electron chi connectivity index (χ4n) is 2.20. The molecule has 0 saturated heterocycles. The van der Waals surface area contributed by atoms with E-state index in [1.165, 1.54) is 11.8 Å². The molecule has 6 heteroatoms. The molecule has 0 fully saturated rings. The zero-order valence-corrected chi connectivity index (χ0v) is 13.7. The van der Waals surface area contributed by atoms with Crippen LogP contribution in [0.1, 0.15) is 18.1 Å². The van der Waals surface area contributed by atoms with E-state index in [1.54, 1.807) is 30.6 Å². The monoisotopic (exact) mass is 328 g/mol. The van der Waals surface area contributed by atoms with Gasteiger partial charge in [-0.05, 0) is 37.1 Å². The summed E-state index contributed by atoms with van der Waals surface area (Å²) in [5.41, 5.74) is 1.67. The van der Waals surface area contributed by atoms with Gasteiger partial charge in [0.2, 0.25) is 0 Å². The molecular formula is C18H20N2O4. The van der Waals surface area contributed by atoms with Crippen molar-refractivity contribution in [1.29, 1.82) is 0 Å². The Bertz CT molecular complexity index is 703. The molecule has 1 amide bonds. The van der Waals surface area contributed by atoms with Crippen LogP contribution < -0.4 is 4.74 Å². The molecule has 0 saturated carbocycles. The maximum atomic E-state index is 12.5. The molecule has 1 aromatic heterocycles. The standard InChI is InChI=1S/C18H20N2O4/c1-13-6-3-4-8-16(13)24-12-17(21)20(14(2)18(22)23)11-15-7-5-9-19-10-15/h3-10,14H,11-12H2,1-2H3,(H,22,23). The van der Waals surface area contributed by atoms with Crippen molar-refractivity contribution >= 4 is 11.9 Å². The van der Waals surface area contributed by atoms with E-state index in [4.69, 9.17) is 4.74 Å². The third-order valence-electron chi connectivity index (χ3n) is 3.67. The number of aliphatic carboxylic acids is 1. The summed E-state index contributed by atoms with van der Waals surface area (Å²) in [7, 11) is 0. The van der Waals surface area contributed by atoms with Crippen molar-refractivity contribution in [3.05, 3.63) is 59.9 Å². The number of aromatic nitrogens is 1. The third-order valence-corrected chi connectivity index (χ3v) is 3.67. The van der Waals surface area contributed by atoms with Crippen LogP contribution in [0.3, 0.4) is 0 Å². The molecule has 126 valence electrons. The summed E-state index contributed by atoms with van der Waals surface area (Å²) in [6.07, 6.45) is 3.23. The van der Waals surface area contributed by atoms with E-state index in [2.05, 4.69) is 4.98 Å². The molecule has 0 spiro atoms. The number of carboxylic acid groups (broad SMARTS) is 1. The predicted molar refractivity (Wildman–Crippen MR) is 88.6 cm³/mol. The number of para-hydroxylation sites is 1. The molecular weight excluding hydrogens is 308 g/mol. The Hall–Kier alpha value is -2.89. The number of benzene rings is 1. The number of aryl methyl sites for hydroxylation is 1. The second-order valence-corrected chi connectivity index (χ2v) is 5.45. The quantitative estimate of drug-likeness (QED) is 0.843. The van der Waals surface area contributed by atoms with Gasteiger partial charge in [-0.1, -0.05) is 24.3 Å². The van der Waals surface area contributed by atoms with Crippen LogP contribution in [0.15, 0.2) is 48.8 Å². The number of rotatable bonds is 7. The summed E-state index contributed by atoms with van der Waals surface area (Å²) in [5.74, 6) is -0.852. The highest BCUT2D eigenvalue weighted by atomic mass is 16.5. The van der Waals surface area contributed by atoms with Gasteiger partial charge in [0.25, 0.3) is 5.91 Å². The third kappa shape index (κ3) is 4.55. The van der Waals surface area contributed by atoms with Gasteiger partial charge < -0.3 is 14.7 Å². The van der Waals surface area contributed by atoms with Crippen LogP contribution in [0.2, 0.25) is 0 Å². The van der Waals surface area contributed by atoms with Crippen molar-refractivity contribution < 1.29 is 19.4 Å². The highest BCUT2D eigenvalue weighted by Crippen LogP contribution is 2.17. The number of nitrogens with zero attached hydrogens (tertiary/aromatic N) is 2. The summed E-state index contributed by atoms with van der Waals surface area (Å²) < 4.78 is 5.55. The van der Waals surface area contributed by atoms with Crippen LogP contribution in [0.4, 0.5) is 0 Å². The fourth-order valence-corrected chi connectivity index (χ4v) is 2.20. The Morgan fingerprint density at radius 3 is 2.62 bits per heavy atom. The number of hydrogen-bond acceptors (Lipinski definition) is 4. The van der Waals surface area contributed by atoms with Crippen molar-refractivity contribution in [3.8, 4) is 5.75 Å². The van der Waals surface area contributed by atoms with E-state index in [0.717, 1.165) is 11.1 Å².